The maximum absolute atomic E-state index is 12.7. The lowest BCUT2D eigenvalue weighted by molar-refractivity contribution is -0.131. The van der Waals surface area contributed by atoms with E-state index >= 15 is 0 Å². The van der Waals surface area contributed by atoms with E-state index in [-0.39, 0.29) is 24.0 Å². The van der Waals surface area contributed by atoms with Crippen molar-refractivity contribution in [1.82, 2.24) is 10.2 Å². The van der Waals surface area contributed by atoms with E-state index in [2.05, 4.69) is 35.2 Å². The second-order valence-corrected chi connectivity index (χ2v) is 7.77. The highest BCUT2D eigenvalue weighted by Gasteiger charge is 2.37. The zero-order valence-electron chi connectivity index (χ0n) is 16.2. The summed E-state index contributed by atoms with van der Waals surface area (Å²) in [5.41, 5.74) is 1.57. The van der Waals surface area contributed by atoms with Crippen LogP contribution in [-0.4, -0.2) is 48.1 Å². The number of carbonyl (C=O) groups is 1. The molecule has 3 rings (SSSR count). The van der Waals surface area contributed by atoms with Crippen molar-refractivity contribution in [2.45, 2.75) is 50.2 Å². The first-order valence-electron chi connectivity index (χ1n) is 9.67. The topological polar surface area (TPSA) is 83.2 Å². The monoisotopic (exact) mass is 375 g/mol. The summed E-state index contributed by atoms with van der Waals surface area (Å²) in [7, 11) is 0. The molecule has 0 radical (unpaired) electrons. The first kappa shape index (κ1) is 19.7. The maximum Gasteiger partial charge on any atom is 0.238 e. The summed E-state index contributed by atoms with van der Waals surface area (Å²) in [6.45, 7) is 4.03. The standard InChI is InChI=1S/C22H25N5O/c1-3-18-7-8-20(15-24)27(18)21(28)16-25-22(2)9-11-26(12-10-22)19-6-4-5-17(13-19)14-23/h1,4-6,13,18,20,25H,7-12,16H2,2H3/t18-,20-/m0/s1. The van der Waals surface area contributed by atoms with Gasteiger partial charge in [0, 0.05) is 24.3 Å². The predicted octanol–water partition coefficient (Wildman–Crippen LogP) is 2.02. The highest BCUT2D eigenvalue weighted by molar-refractivity contribution is 5.80. The van der Waals surface area contributed by atoms with Crippen molar-refractivity contribution >= 4 is 11.6 Å². The Labute approximate surface area is 166 Å². The molecule has 2 aliphatic rings. The number of likely N-dealkylation sites (tertiary alicyclic amines) is 1. The fourth-order valence-electron chi connectivity index (χ4n) is 4.04. The lowest BCUT2D eigenvalue weighted by atomic mass is 9.89. The molecule has 2 atom stereocenters. The zero-order valence-corrected chi connectivity index (χ0v) is 16.2. The molecule has 1 N–H and O–H groups in total. The number of nitrogens with zero attached hydrogens (tertiary/aromatic N) is 4. The number of terminal acetylenes is 1. The largest absolute Gasteiger partial charge is 0.371 e. The second kappa shape index (κ2) is 8.34. The molecule has 1 aromatic carbocycles. The SMILES string of the molecule is C#C[C@H]1CC[C@@H](C#N)N1C(=O)CNC1(C)CCN(c2cccc(C#N)c2)CC1. The molecule has 2 heterocycles. The third kappa shape index (κ3) is 4.11. The Kier molecular flexibility index (Phi) is 5.88. The molecule has 0 unspecified atom stereocenters. The summed E-state index contributed by atoms with van der Waals surface area (Å²) < 4.78 is 0. The van der Waals surface area contributed by atoms with Crippen molar-refractivity contribution in [1.29, 1.82) is 10.5 Å². The number of piperidine rings is 1. The van der Waals surface area contributed by atoms with Gasteiger partial charge >= 0.3 is 0 Å². The van der Waals surface area contributed by atoms with Gasteiger partial charge in [0.05, 0.1) is 30.3 Å². The van der Waals surface area contributed by atoms with Crippen LogP contribution < -0.4 is 10.2 Å². The van der Waals surface area contributed by atoms with E-state index in [1.807, 2.05) is 18.2 Å². The molecule has 0 saturated carbocycles. The van der Waals surface area contributed by atoms with Crippen LogP contribution in [0.5, 0.6) is 0 Å². The van der Waals surface area contributed by atoms with Gasteiger partial charge in [0.2, 0.25) is 5.91 Å². The summed E-state index contributed by atoms with van der Waals surface area (Å²) in [6.07, 6.45) is 8.64. The Morgan fingerprint density at radius 1 is 1.29 bits per heavy atom. The van der Waals surface area contributed by atoms with Gasteiger partial charge in [-0.25, -0.2) is 0 Å². The lowest BCUT2D eigenvalue weighted by Gasteiger charge is -2.41. The van der Waals surface area contributed by atoms with Gasteiger partial charge in [-0.1, -0.05) is 12.0 Å². The van der Waals surface area contributed by atoms with E-state index in [1.54, 1.807) is 11.0 Å². The molecular weight excluding hydrogens is 350 g/mol. The normalized spacial score (nSPS) is 23.5. The average molecular weight is 375 g/mol. The fourth-order valence-corrected chi connectivity index (χ4v) is 4.04. The van der Waals surface area contributed by atoms with Gasteiger partial charge in [0.15, 0.2) is 0 Å². The van der Waals surface area contributed by atoms with Crippen molar-refractivity contribution < 1.29 is 4.79 Å². The average Bonchev–Trinajstić information content (AvgIpc) is 3.16. The number of amides is 1. The van der Waals surface area contributed by atoms with Crippen LogP contribution in [0.4, 0.5) is 5.69 Å². The molecule has 0 bridgehead atoms. The van der Waals surface area contributed by atoms with Crippen molar-refractivity contribution in [2.24, 2.45) is 0 Å². The Morgan fingerprint density at radius 3 is 2.64 bits per heavy atom. The van der Waals surface area contributed by atoms with Gasteiger partial charge in [-0.05, 0) is 50.8 Å². The number of nitrogens with one attached hydrogen (secondary N) is 1. The Balaban J connectivity index is 1.56. The van der Waals surface area contributed by atoms with Crippen LogP contribution in [0.2, 0.25) is 0 Å². The van der Waals surface area contributed by atoms with E-state index in [1.165, 1.54) is 0 Å². The van der Waals surface area contributed by atoms with Gasteiger partial charge in [0.1, 0.15) is 6.04 Å². The first-order chi connectivity index (χ1) is 13.5. The lowest BCUT2D eigenvalue weighted by Crippen LogP contribution is -2.55. The molecule has 144 valence electrons. The number of carbonyl (C=O) groups excluding carboxylic acids is 1. The van der Waals surface area contributed by atoms with E-state index in [0.717, 1.165) is 31.6 Å². The quantitative estimate of drug-likeness (QED) is 0.814. The van der Waals surface area contributed by atoms with Gasteiger partial charge in [-0.15, -0.1) is 6.42 Å². The molecule has 2 fully saturated rings. The minimum absolute atomic E-state index is 0.0997. The molecule has 2 saturated heterocycles. The summed E-state index contributed by atoms with van der Waals surface area (Å²) in [4.78, 5) is 16.5. The number of hydrogen-bond donors (Lipinski definition) is 1. The van der Waals surface area contributed by atoms with E-state index in [4.69, 9.17) is 11.7 Å². The number of rotatable bonds is 4. The number of nitriles is 2. The second-order valence-electron chi connectivity index (χ2n) is 7.77. The summed E-state index contributed by atoms with van der Waals surface area (Å²) in [5.74, 6) is 2.54. The van der Waals surface area contributed by atoms with Crippen LogP contribution >= 0.6 is 0 Å². The molecule has 28 heavy (non-hydrogen) atoms. The predicted molar refractivity (Wildman–Crippen MR) is 107 cm³/mol. The molecule has 6 nitrogen and oxygen atoms in total. The zero-order chi connectivity index (χ0) is 20.1. The van der Waals surface area contributed by atoms with Crippen LogP contribution in [-0.2, 0) is 4.79 Å². The molecular formula is C22H25N5O. The van der Waals surface area contributed by atoms with Crippen LogP contribution in [0.1, 0.15) is 38.2 Å². The smallest absolute Gasteiger partial charge is 0.238 e. The summed E-state index contributed by atoms with van der Waals surface area (Å²) >= 11 is 0. The first-order valence-corrected chi connectivity index (χ1v) is 9.67. The number of anilines is 1. The van der Waals surface area contributed by atoms with E-state index < -0.39 is 6.04 Å². The Morgan fingerprint density at radius 2 is 2.00 bits per heavy atom. The van der Waals surface area contributed by atoms with Gasteiger partial charge < -0.3 is 15.1 Å². The summed E-state index contributed by atoms with van der Waals surface area (Å²) in [5, 5.41) is 21.8. The van der Waals surface area contributed by atoms with E-state index in [9.17, 15) is 10.1 Å². The van der Waals surface area contributed by atoms with Gasteiger partial charge in [-0.2, -0.15) is 10.5 Å². The highest BCUT2D eigenvalue weighted by atomic mass is 16.2. The third-order valence-corrected chi connectivity index (χ3v) is 5.89. The molecule has 0 aromatic heterocycles. The third-order valence-electron chi connectivity index (χ3n) is 5.89. The number of hydrogen-bond acceptors (Lipinski definition) is 5. The van der Waals surface area contributed by atoms with Crippen molar-refractivity contribution in [3.63, 3.8) is 0 Å². The number of benzene rings is 1. The maximum atomic E-state index is 12.7. The van der Waals surface area contributed by atoms with Crippen molar-refractivity contribution in [3.8, 4) is 24.5 Å². The van der Waals surface area contributed by atoms with Crippen LogP contribution in [0, 0.1) is 35.0 Å². The van der Waals surface area contributed by atoms with Crippen LogP contribution in [0.3, 0.4) is 0 Å². The molecule has 6 heteroatoms. The Bertz CT molecular complexity index is 829. The summed E-state index contributed by atoms with van der Waals surface area (Å²) in [6, 6.07) is 11.3. The van der Waals surface area contributed by atoms with Crippen LogP contribution in [0.25, 0.3) is 0 Å². The molecule has 2 aliphatic heterocycles. The molecule has 1 amide bonds. The fraction of sp³-hybridized carbons (Fsp3) is 0.500. The Hall–Kier alpha value is -3.01. The van der Waals surface area contributed by atoms with E-state index in [0.29, 0.717) is 18.4 Å². The highest BCUT2D eigenvalue weighted by Crippen LogP contribution is 2.27. The minimum Gasteiger partial charge on any atom is -0.371 e. The van der Waals surface area contributed by atoms with Crippen LogP contribution in [0.15, 0.2) is 24.3 Å². The molecule has 0 aliphatic carbocycles. The van der Waals surface area contributed by atoms with Crippen molar-refractivity contribution in [2.75, 3.05) is 24.5 Å². The van der Waals surface area contributed by atoms with Gasteiger partial charge in [-0.3, -0.25) is 4.79 Å². The van der Waals surface area contributed by atoms with Crippen molar-refractivity contribution in [3.05, 3.63) is 29.8 Å². The van der Waals surface area contributed by atoms with Gasteiger partial charge in [0.25, 0.3) is 0 Å². The molecule has 1 aromatic rings. The minimum atomic E-state index is -0.419. The molecule has 0 spiro atoms.